The Hall–Kier alpha value is -2.13. The van der Waals surface area contributed by atoms with Gasteiger partial charge >= 0.3 is 5.69 Å². The first-order valence-electron chi connectivity index (χ1n) is 6.47. The average molecular weight is 314 g/mol. The van der Waals surface area contributed by atoms with Gasteiger partial charge in [-0.05, 0) is 20.8 Å². The molecule has 0 saturated carbocycles. The van der Waals surface area contributed by atoms with Gasteiger partial charge in [0.05, 0.1) is 0 Å². The fourth-order valence-corrected chi connectivity index (χ4v) is 1.94. The SMILES string of the molecule is Cc1cn(C(F)C(=O)[C@@H]2OC(C)(C)OCC2=O)c(=O)[nH]c1=O. The van der Waals surface area contributed by atoms with Gasteiger partial charge in [0.1, 0.15) is 6.61 Å². The van der Waals surface area contributed by atoms with Gasteiger partial charge in [0.15, 0.2) is 17.7 Å². The zero-order valence-electron chi connectivity index (χ0n) is 12.2. The van der Waals surface area contributed by atoms with Gasteiger partial charge in [-0.15, -0.1) is 0 Å². The number of carbonyl (C=O) groups excluding carboxylic acids is 2. The minimum absolute atomic E-state index is 0.0506. The van der Waals surface area contributed by atoms with Crippen LogP contribution in [-0.2, 0) is 19.1 Å². The molecule has 0 aromatic carbocycles. The van der Waals surface area contributed by atoms with E-state index >= 15 is 0 Å². The summed E-state index contributed by atoms with van der Waals surface area (Å²) in [6, 6.07) is 0. The van der Waals surface area contributed by atoms with Gasteiger partial charge in [0.25, 0.3) is 5.56 Å². The highest BCUT2D eigenvalue weighted by atomic mass is 19.1. The Bertz CT molecular complexity index is 735. The molecule has 2 heterocycles. The molecule has 0 amide bonds. The number of aromatic amines is 1. The lowest BCUT2D eigenvalue weighted by molar-refractivity contribution is -0.255. The first-order chi connectivity index (χ1) is 10.1. The number of alkyl halides is 1. The molecule has 1 aromatic rings. The van der Waals surface area contributed by atoms with Crippen molar-refractivity contribution in [2.75, 3.05) is 6.61 Å². The van der Waals surface area contributed by atoms with Crippen molar-refractivity contribution in [1.29, 1.82) is 0 Å². The van der Waals surface area contributed by atoms with E-state index in [0.29, 0.717) is 4.57 Å². The molecule has 0 radical (unpaired) electrons. The highest BCUT2D eigenvalue weighted by Crippen LogP contribution is 2.23. The van der Waals surface area contributed by atoms with Gasteiger partial charge in [-0.2, -0.15) is 0 Å². The standard InChI is InChI=1S/C13H15FN2O6/c1-6-4-16(12(20)15-11(6)19)10(14)8(18)9-7(17)5-21-13(2,3)22-9/h4,9-10H,5H2,1-3H3,(H,15,19,20)/t9-,10?/m1/s1. The molecule has 1 aliphatic heterocycles. The monoisotopic (exact) mass is 314 g/mol. The quantitative estimate of drug-likeness (QED) is 0.761. The zero-order valence-corrected chi connectivity index (χ0v) is 12.2. The molecule has 0 bridgehead atoms. The van der Waals surface area contributed by atoms with E-state index in [2.05, 4.69) is 0 Å². The van der Waals surface area contributed by atoms with Crippen LogP contribution in [-0.4, -0.2) is 39.6 Å². The lowest BCUT2D eigenvalue weighted by Gasteiger charge is -2.34. The summed E-state index contributed by atoms with van der Waals surface area (Å²) >= 11 is 0. The van der Waals surface area contributed by atoms with E-state index in [1.807, 2.05) is 4.98 Å². The summed E-state index contributed by atoms with van der Waals surface area (Å²) in [5.74, 6) is -3.18. The van der Waals surface area contributed by atoms with Crippen molar-refractivity contribution in [1.82, 2.24) is 9.55 Å². The number of ketones is 2. The maximum absolute atomic E-state index is 14.3. The average Bonchev–Trinajstić information content (AvgIpc) is 2.44. The number of nitrogens with one attached hydrogen (secondary N) is 1. The number of ether oxygens (including phenoxy) is 2. The first-order valence-corrected chi connectivity index (χ1v) is 6.47. The van der Waals surface area contributed by atoms with E-state index in [1.165, 1.54) is 20.8 Å². The minimum atomic E-state index is -2.45. The highest BCUT2D eigenvalue weighted by Gasteiger charge is 2.43. The van der Waals surface area contributed by atoms with Crippen molar-refractivity contribution < 1.29 is 23.5 Å². The Kier molecular flexibility index (Phi) is 4.12. The Morgan fingerprint density at radius 1 is 1.45 bits per heavy atom. The first kappa shape index (κ1) is 16.2. The van der Waals surface area contributed by atoms with Crippen LogP contribution < -0.4 is 11.2 Å². The lowest BCUT2D eigenvalue weighted by Crippen LogP contribution is -2.51. The van der Waals surface area contributed by atoms with Crippen molar-refractivity contribution in [2.45, 2.75) is 39.0 Å². The summed E-state index contributed by atoms with van der Waals surface area (Å²) < 4.78 is 24.9. The van der Waals surface area contributed by atoms with Gasteiger partial charge in [0, 0.05) is 11.8 Å². The summed E-state index contributed by atoms with van der Waals surface area (Å²) in [5.41, 5.74) is -1.72. The second-order valence-corrected chi connectivity index (χ2v) is 5.37. The molecule has 1 unspecified atom stereocenters. The fourth-order valence-electron chi connectivity index (χ4n) is 1.94. The predicted molar refractivity (Wildman–Crippen MR) is 71.1 cm³/mol. The number of rotatable bonds is 3. The largest absolute Gasteiger partial charge is 0.343 e. The molecule has 22 heavy (non-hydrogen) atoms. The Balaban J connectivity index is 2.33. The fraction of sp³-hybridized carbons (Fsp3) is 0.538. The molecule has 2 atom stereocenters. The van der Waals surface area contributed by atoms with Gasteiger partial charge in [-0.1, -0.05) is 0 Å². The summed E-state index contributed by atoms with van der Waals surface area (Å²) in [4.78, 5) is 48.5. The number of aryl methyl sites for hydroxylation is 1. The third-order valence-electron chi connectivity index (χ3n) is 3.14. The Labute approximate surface area is 123 Å². The third kappa shape index (κ3) is 3.04. The van der Waals surface area contributed by atoms with Gasteiger partial charge in [0.2, 0.25) is 12.1 Å². The molecule has 1 N–H and O–H groups in total. The van der Waals surface area contributed by atoms with Crippen LogP contribution in [0.25, 0.3) is 0 Å². The maximum Gasteiger partial charge on any atom is 0.331 e. The predicted octanol–water partition coefficient (Wildman–Crippen LogP) is -0.397. The van der Waals surface area contributed by atoms with Crippen LogP contribution in [0, 0.1) is 6.92 Å². The van der Waals surface area contributed by atoms with Crippen molar-refractivity contribution in [3.8, 4) is 0 Å². The molecule has 9 heteroatoms. The van der Waals surface area contributed by atoms with Crippen molar-refractivity contribution in [2.24, 2.45) is 0 Å². The number of aromatic nitrogens is 2. The molecule has 0 spiro atoms. The number of Topliss-reactive ketones (excluding diaryl/α,β-unsaturated/α-hetero) is 2. The molecular weight excluding hydrogens is 299 g/mol. The van der Waals surface area contributed by atoms with Gasteiger partial charge in [-0.25, -0.2) is 9.18 Å². The number of H-pyrrole nitrogens is 1. The smallest absolute Gasteiger partial charge is 0.331 e. The number of carbonyl (C=O) groups is 2. The normalized spacial score (nSPS) is 22.4. The second kappa shape index (κ2) is 5.58. The summed E-state index contributed by atoms with van der Waals surface area (Å²) in [6.07, 6.45) is -3.21. The van der Waals surface area contributed by atoms with Crippen molar-refractivity contribution in [3.63, 3.8) is 0 Å². The number of nitrogens with zero attached hydrogens (tertiary/aromatic N) is 1. The van der Waals surface area contributed by atoms with E-state index < -0.39 is 47.6 Å². The molecule has 1 fully saturated rings. The van der Waals surface area contributed by atoms with Crippen LogP contribution in [0.1, 0.15) is 25.7 Å². The topological polar surface area (TPSA) is 107 Å². The van der Waals surface area contributed by atoms with Gasteiger partial charge < -0.3 is 9.47 Å². The van der Waals surface area contributed by atoms with Gasteiger partial charge in [-0.3, -0.25) is 23.9 Å². The number of hydrogen-bond acceptors (Lipinski definition) is 6. The van der Waals surface area contributed by atoms with E-state index in [-0.39, 0.29) is 5.56 Å². The number of halogens is 1. The number of hydrogen-bond donors (Lipinski definition) is 1. The molecule has 1 aromatic heterocycles. The third-order valence-corrected chi connectivity index (χ3v) is 3.14. The van der Waals surface area contributed by atoms with E-state index in [4.69, 9.17) is 9.47 Å². The summed E-state index contributed by atoms with van der Waals surface area (Å²) in [5, 5.41) is 0. The molecule has 8 nitrogen and oxygen atoms in total. The molecule has 1 aliphatic rings. The summed E-state index contributed by atoms with van der Waals surface area (Å²) in [7, 11) is 0. The van der Waals surface area contributed by atoms with E-state index in [1.54, 1.807) is 0 Å². The van der Waals surface area contributed by atoms with Crippen LogP contribution in [0.3, 0.4) is 0 Å². The van der Waals surface area contributed by atoms with E-state index in [9.17, 15) is 23.6 Å². The Morgan fingerprint density at radius 3 is 2.73 bits per heavy atom. The van der Waals surface area contributed by atoms with Crippen molar-refractivity contribution in [3.05, 3.63) is 32.6 Å². The molecule has 2 rings (SSSR count). The van der Waals surface area contributed by atoms with Crippen LogP contribution in [0.5, 0.6) is 0 Å². The molecular formula is C13H15FN2O6. The van der Waals surface area contributed by atoms with Crippen molar-refractivity contribution >= 4 is 11.6 Å². The Morgan fingerprint density at radius 2 is 2.09 bits per heavy atom. The van der Waals surface area contributed by atoms with E-state index in [0.717, 1.165) is 6.20 Å². The molecule has 1 saturated heterocycles. The van der Waals surface area contributed by atoms with Crippen LogP contribution in [0.15, 0.2) is 15.8 Å². The minimum Gasteiger partial charge on any atom is -0.343 e. The highest BCUT2D eigenvalue weighted by molar-refractivity contribution is 6.07. The van der Waals surface area contributed by atoms with Crippen LogP contribution in [0.2, 0.25) is 0 Å². The van der Waals surface area contributed by atoms with Crippen LogP contribution in [0.4, 0.5) is 4.39 Å². The lowest BCUT2D eigenvalue weighted by atomic mass is 10.1. The van der Waals surface area contributed by atoms with Crippen LogP contribution >= 0.6 is 0 Å². The zero-order chi connectivity index (χ0) is 16.7. The summed E-state index contributed by atoms with van der Waals surface area (Å²) in [6.45, 7) is 3.91. The maximum atomic E-state index is 14.3. The molecule has 120 valence electrons. The second-order valence-electron chi connectivity index (χ2n) is 5.37. The molecule has 0 aliphatic carbocycles.